The van der Waals surface area contributed by atoms with Gasteiger partial charge in [-0.05, 0) is 19.3 Å². The number of hydrogen-bond acceptors (Lipinski definition) is 2. The van der Waals surface area contributed by atoms with E-state index in [1.807, 2.05) is 13.0 Å². The zero-order chi connectivity index (χ0) is 8.69. The fourth-order valence-electron chi connectivity index (χ4n) is 0.878. The molecular formula is C9H18O2. The van der Waals surface area contributed by atoms with Gasteiger partial charge in [0.2, 0.25) is 0 Å². The van der Waals surface area contributed by atoms with Gasteiger partial charge in [-0.2, -0.15) is 0 Å². The number of unbranched alkanes of at least 4 members (excludes halogenated alkanes) is 1. The third-order valence-corrected chi connectivity index (χ3v) is 1.85. The normalized spacial score (nSPS) is 15.9. The van der Waals surface area contributed by atoms with Gasteiger partial charge in [0.1, 0.15) is 0 Å². The van der Waals surface area contributed by atoms with Crippen molar-refractivity contribution in [2.75, 3.05) is 6.61 Å². The third-order valence-electron chi connectivity index (χ3n) is 1.85. The highest BCUT2D eigenvalue weighted by Gasteiger charge is 2.11. The van der Waals surface area contributed by atoms with Crippen LogP contribution in [0.3, 0.4) is 0 Å². The van der Waals surface area contributed by atoms with Gasteiger partial charge in [0.15, 0.2) is 0 Å². The van der Waals surface area contributed by atoms with Gasteiger partial charge in [-0.1, -0.05) is 13.0 Å². The second-order valence-corrected chi connectivity index (χ2v) is 2.95. The second kappa shape index (κ2) is 6.38. The summed E-state index contributed by atoms with van der Waals surface area (Å²) in [6, 6.07) is 0. The summed E-state index contributed by atoms with van der Waals surface area (Å²) in [5, 5.41) is 18.0. The van der Waals surface area contributed by atoms with Crippen LogP contribution in [0.4, 0.5) is 0 Å². The molecule has 0 spiro atoms. The quantitative estimate of drug-likeness (QED) is 0.452. The lowest BCUT2D eigenvalue weighted by atomic mass is 10.0. The van der Waals surface area contributed by atoms with E-state index >= 15 is 0 Å². The Bertz CT molecular complexity index is 102. The van der Waals surface area contributed by atoms with Crippen molar-refractivity contribution in [2.45, 2.75) is 32.3 Å². The summed E-state index contributed by atoms with van der Waals surface area (Å²) >= 11 is 0. The maximum atomic E-state index is 9.35. The number of hydrogen-bond donors (Lipinski definition) is 2. The van der Waals surface area contributed by atoms with E-state index in [4.69, 9.17) is 5.11 Å². The molecule has 0 fully saturated rings. The average Bonchev–Trinajstić information content (AvgIpc) is 2.03. The van der Waals surface area contributed by atoms with Gasteiger partial charge in [-0.15, -0.1) is 6.58 Å². The molecule has 0 saturated carbocycles. The SMILES string of the molecule is C=CCCCC(O)C(C)CO. The van der Waals surface area contributed by atoms with Crippen LogP contribution in [0, 0.1) is 5.92 Å². The van der Waals surface area contributed by atoms with E-state index in [0.717, 1.165) is 19.3 Å². The van der Waals surface area contributed by atoms with Gasteiger partial charge in [-0.3, -0.25) is 0 Å². The highest BCUT2D eigenvalue weighted by atomic mass is 16.3. The summed E-state index contributed by atoms with van der Waals surface area (Å²) in [7, 11) is 0. The monoisotopic (exact) mass is 158 g/mol. The first-order valence-corrected chi connectivity index (χ1v) is 4.12. The molecule has 2 N–H and O–H groups in total. The van der Waals surface area contributed by atoms with E-state index in [0.29, 0.717) is 0 Å². The van der Waals surface area contributed by atoms with Crippen molar-refractivity contribution < 1.29 is 10.2 Å². The van der Waals surface area contributed by atoms with Crippen LogP contribution in [0.1, 0.15) is 26.2 Å². The number of rotatable bonds is 6. The van der Waals surface area contributed by atoms with Crippen molar-refractivity contribution >= 4 is 0 Å². The van der Waals surface area contributed by atoms with Crippen LogP contribution in [-0.4, -0.2) is 22.9 Å². The summed E-state index contributed by atoms with van der Waals surface area (Å²) in [5.74, 6) is -0.000171. The van der Waals surface area contributed by atoms with Crippen LogP contribution in [0.5, 0.6) is 0 Å². The summed E-state index contributed by atoms with van der Waals surface area (Å²) in [6.45, 7) is 5.50. The van der Waals surface area contributed by atoms with E-state index < -0.39 is 0 Å². The first-order valence-electron chi connectivity index (χ1n) is 4.12. The van der Waals surface area contributed by atoms with E-state index in [2.05, 4.69) is 6.58 Å². The lowest BCUT2D eigenvalue weighted by Crippen LogP contribution is -2.20. The van der Waals surface area contributed by atoms with E-state index in [-0.39, 0.29) is 18.6 Å². The van der Waals surface area contributed by atoms with Gasteiger partial charge in [0.25, 0.3) is 0 Å². The Balaban J connectivity index is 3.34. The van der Waals surface area contributed by atoms with E-state index in [9.17, 15) is 5.11 Å². The Morgan fingerprint density at radius 3 is 2.64 bits per heavy atom. The maximum absolute atomic E-state index is 9.35. The lowest BCUT2D eigenvalue weighted by Gasteiger charge is -2.15. The molecule has 2 unspecified atom stereocenters. The molecule has 0 radical (unpaired) electrons. The number of aliphatic hydroxyl groups is 2. The molecule has 0 heterocycles. The van der Waals surface area contributed by atoms with Crippen molar-refractivity contribution in [3.63, 3.8) is 0 Å². The van der Waals surface area contributed by atoms with Gasteiger partial charge in [0.05, 0.1) is 6.10 Å². The molecule has 0 aliphatic rings. The molecule has 2 heteroatoms. The van der Waals surface area contributed by atoms with Crippen molar-refractivity contribution in [1.29, 1.82) is 0 Å². The summed E-state index contributed by atoms with van der Waals surface area (Å²) in [6.07, 6.45) is 4.13. The van der Waals surface area contributed by atoms with Crippen LogP contribution in [-0.2, 0) is 0 Å². The standard InChI is InChI=1S/C9H18O2/c1-3-4-5-6-9(11)8(2)7-10/h3,8-11H,1,4-7H2,2H3. The maximum Gasteiger partial charge on any atom is 0.0587 e. The molecule has 0 aromatic rings. The molecular weight excluding hydrogens is 140 g/mol. The van der Waals surface area contributed by atoms with Crippen LogP contribution >= 0.6 is 0 Å². The molecule has 2 nitrogen and oxygen atoms in total. The number of allylic oxidation sites excluding steroid dienone is 1. The Labute approximate surface area is 68.6 Å². The largest absolute Gasteiger partial charge is 0.396 e. The molecule has 66 valence electrons. The first-order chi connectivity index (χ1) is 5.22. The molecule has 2 atom stereocenters. The Morgan fingerprint density at radius 1 is 1.55 bits per heavy atom. The fourth-order valence-corrected chi connectivity index (χ4v) is 0.878. The molecule has 11 heavy (non-hydrogen) atoms. The van der Waals surface area contributed by atoms with Gasteiger partial charge in [0, 0.05) is 12.5 Å². The van der Waals surface area contributed by atoms with Gasteiger partial charge >= 0.3 is 0 Å². The van der Waals surface area contributed by atoms with Crippen molar-refractivity contribution in [3.05, 3.63) is 12.7 Å². The topological polar surface area (TPSA) is 40.5 Å². The highest BCUT2D eigenvalue weighted by Crippen LogP contribution is 2.09. The molecule has 0 amide bonds. The molecule has 0 aliphatic heterocycles. The van der Waals surface area contributed by atoms with E-state index in [1.54, 1.807) is 0 Å². The zero-order valence-corrected chi connectivity index (χ0v) is 7.16. The smallest absolute Gasteiger partial charge is 0.0587 e. The van der Waals surface area contributed by atoms with Gasteiger partial charge < -0.3 is 10.2 Å². The minimum Gasteiger partial charge on any atom is -0.396 e. The first kappa shape index (κ1) is 10.7. The van der Waals surface area contributed by atoms with Crippen molar-refractivity contribution in [1.82, 2.24) is 0 Å². The van der Waals surface area contributed by atoms with Crippen LogP contribution in [0.25, 0.3) is 0 Å². The van der Waals surface area contributed by atoms with Crippen LogP contribution < -0.4 is 0 Å². The predicted molar refractivity (Wildman–Crippen MR) is 46.3 cm³/mol. The zero-order valence-electron chi connectivity index (χ0n) is 7.16. The minimum absolute atomic E-state index is 0.000171. The lowest BCUT2D eigenvalue weighted by molar-refractivity contribution is 0.0693. The average molecular weight is 158 g/mol. The third kappa shape index (κ3) is 4.99. The Kier molecular flexibility index (Phi) is 6.18. The molecule has 0 aromatic carbocycles. The second-order valence-electron chi connectivity index (χ2n) is 2.95. The number of aliphatic hydroxyl groups excluding tert-OH is 2. The highest BCUT2D eigenvalue weighted by molar-refractivity contribution is 4.69. The summed E-state index contributed by atoms with van der Waals surface area (Å²) < 4.78 is 0. The molecule has 0 rings (SSSR count). The molecule has 0 bridgehead atoms. The Morgan fingerprint density at radius 2 is 2.18 bits per heavy atom. The van der Waals surface area contributed by atoms with Crippen LogP contribution in [0.15, 0.2) is 12.7 Å². The summed E-state index contributed by atoms with van der Waals surface area (Å²) in [4.78, 5) is 0. The van der Waals surface area contributed by atoms with E-state index in [1.165, 1.54) is 0 Å². The minimum atomic E-state index is -0.361. The molecule has 0 saturated heterocycles. The van der Waals surface area contributed by atoms with Gasteiger partial charge in [-0.25, -0.2) is 0 Å². The van der Waals surface area contributed by atoms with Crippen molar-refractivity contribution in [3.8, 4) is 0 Å². The predicted octanol–water partition coefficient (Wildman–Crippen LogP) is 1.33. The Hall–Kier alpha value is -0.340. The fraction of sp³-hybridized carbons (Fsp3) is 0.778. The summed E-state index contributed by atoms with van der Waals surface area (Å²) in [5.41, 5.74) is 0. The molecule has 0 aromatic heterocycles. The van der Waals surface area contributed by atoms with Crippen molar-refractivity contribution in [2.24, 2.45) is 5.92 Å². The molecule has 0 aliphatic carbocycles. The van der Waals surface area contributed by atoms with Crippen LogP contribution in [0.2, 0.25) is 0 Å².